The molecule has 0 bridgehead atoms. The second-order valence-electron chi connectivity index (χ2n) is 4.91. The van der Waals surface area contributed by atoms with Crippen LogP contribution < -0.4 is 10.4 Å². The second-order valence-corrected chi connectivity index (χ2v) is 5.18. The van der Waals surface area contributed by atoms with Crippen LogP contribution in [0, 0.1) is 12.1 Å². The highest BCUT2D eigenvalue weighted by Gasteiger charge is 2.25. The van der Waals surface area contributed by atoms with Gasteiger partial charge in [0.1, 0.15) is 11.5 Å². The van der Waals surface area contributed by atoms with Gasteiger partial charge in [0.25, 0.3) is 0 Å². The highest BCUT2D eigenvalue weighted by Crippen LogP contribution is 2.31. The van der Waals surface area contributed by atoms with Gasteiger partial charge < -0.3 is 14.0 Å². The van der Waals surface area contributed by atoms with Gasteiger partial charge >= 0.3 is 11.4 Å². The van der Waals surface area contributed by atoms with Crippen LogP contribution in [0.2, 0.25) is 0 Å². The fraction of sp³-hybridized carbons (Fsp3) is 0.133. The third-order valence-corrected chi connectivity index (χ3v) is 3.89. The molecule has 0 saturated heterocycles. The van der Waals surface area contributed by atoms with Crippen molar-refractivity contribution in [1.82, 2.24) is 4.98 Å². The number of para-hydroxylation sites is 1. The quantitative estimate of drug-likeness (QED) is 0.233. The number of hydrogen-bond donors (Lipinski definition) is 0. The van der Waals surface area contributed by atoms with Gasteiger partial charge in [0.15, 0.2) is 16.7 Å². The molecule has 7 heteroatoms. The Labute approximate surface area is 128 Å². The van der Waals surface area contributed by atoms with Gasteiger partial charge in [-0.05, 0) is 17.1 Å². The summed E-state index contributed by atoms with van der Waals surface area (Å²) in [6.45, 7) is 1.60. The third-order valence-electron chi connectivity index (χ3n) is 3.65. The summed E-state index contributed by atoms with van der Waals surface area (Å²) in [5, 5.41) is 12.9. The number of hydrogen-bond acceptors (Lipinski definition) is 5. The first kappa shape index (κ1) is 13.1. The van der Waals surface area contributed by atoms with E-state index < -0.39 is 5.63 Å². The Balaban J connectivity index is 2.33. The van der Waals surface area contributed by atoms with Gasteiger partial charge in [0, 0.05) is 6.92 Å². The maximum atomic E-state index is 12.3. The lowest BCUT2D eigenvalue weighted by Gasteiger charge is -2.06. The molecule has 0 saturated carbocycles. The maximum absolute atomic E-state index is 12.3. The Morgan fingerprint density at radius 2 is 2.05 bits per heavy atom. The molecule has 3 heterocycles. The first-order chi connectivity index (χ1) is 10.6. The Morgan fingerprint density at radius 3 is 2.82 bits per heavy atom. The molecule has 0 spiro atoms. The van der Waals surface area contributed by atoms with E-state index in [1.54, 1.807) is 25.1 Å². The molecule has 0 fully saturated rings. The van der Waals surface area contributed by atoms with Crippen molar-refractivity contribution in [2.45, 2.75) is 12.8 Å². The molecule has 110 valence electrons. The van der Waals surface area contributed by atoms with Crippen LogP contribution in [0.25, 0.3) is 33.0 Å². The first-order valence-electron chi connectivity index (χ1n) is 6.55. The number of aromatic nitrogens is 2. The topological polar surface area (TPSA) is 83.2 Å². The molecule has 3 aromatic heterocycles. The van der Waals surface area contributed by atoms with E-state index in [2.05, 4.69) is 4.98 Å². The zero-order valence-corrected chi connectivity index (χ0v) is 12.2. The zero-order valence-electron chi connectivity index (χ0n) is 11.4. The summed E-state index contributed by atoms with van der Waals surface area (Å²) < 4.78 is 11.7. The second kappa shape index (κ2) is 4.45. The van der Waals surface area contributed by atoms with E-state index in [9.17, 15) is 10.0 Å². The Kier molecular flexibility index (Phi) is 2.65. The minimum atomic E-state index is -0.552. The van der Waals surface area contributed by atoms with Gasteiger partial charge in [-0.15, -0.1) is 11.6 Å². The number of alkyl halides is 1. The van der Waals surface area contributed by atoms with Gasteiger partial charge in [-0.2, -0.15) is 0 Å². The average Bonchev–Trinajstić information content (AvgIpc) is 2.91. The highest BCUT2D eigenvalue weighted by atomic mass is 35.5. The van der Waals surface area contributed by atoms with Gasteiger partial charge in [0.05, 0.1) is 5.39 Å². The molecule has 0 N–H and O–H groups in total. The zero-order chi connectivity index (χ0) is 15.4. The largest absolute Gasteiger partial charge is 0.710 e. The summed E-state index contributed by atoms with van der Waals surface area (Å²) in [4.78, 5) is 16.5. The molecule has 6 nitrogen and oxygen atoms in total. The minimum Gasteiger partial charge on any atom is -0.710 e. The molecule has 0 aliphatic heterocycles. The van der Waals surface area contributed by atoms with Crippen LogP contribution in [-0.4, -0.2) is 4.98 Å². The smallest absolute Gasteiger partial charge is 0.352 e. The SMILES string of the molecule is Cc1c2oc3c4ccccc4oc(=O)c3c2nc(CCl)[n+]1[O-]. The third kappa shape index (κ3) is 1.58. The van der Waals surface area contributed by atoms with E-state index in [0.29, 0.717) is 32.5 Å². The summed E-state index contributed by atoms with van der Waals surface area (Å²) in [6, 6.07) is 7.04. The van der Waals surface area contributed by atoms with Crippen LogP contribution in [0.15, 0.2) is 37.9 Å². The van der Waals surface area contributed by atoms with E-state index in [1.807, 2.05) is 6.07 Å². The fourth-order valence-electron chi connectivity index (χ4n) is 2.59. The van der Waals surface area contributed by atoms with Gasteiger partial charge in [0.2, 0.25) is 11.1 Å². The summed E-state index contributed by atoms with van der Waals surface area (Å²) in [6.07, 6.45) is 0. The molecular weight excluding hydrogens is 308 g/mol. The van der Waals surface area contributed by atoms with Crippen molar-refractivity contribution in [3.63, 3.8) is 0 Å². The van der Waals surface area contributed by atoms with E-state index in [4.69, 9.17) is 20.4 Å². The lowest BCUT2D eigenvalue weighted by Crippen LogP contribution is -2.36. The van der Waals surface area contributed by atoms with Crippen molar-refractivity contribution in [3.8, 4) is 0 Å². The van der Waals surface area contributed by atoms with Crippen LogP contribution in [0.3, 0.4) is 0 Å². The summed E-state index contributed by atoms with van der Waals surface area (Å²) in [5.74, 6) is 0.0493. The maximum Gasteiger partial charge on any atom is 0.352 e. The summed E-state index contributed by atoms with van der Waals surface area (Å²) >= 11 is 5.74. The average molecular weight is 317 g/mol. The van der Waals surface area contributed by atoms with Crippen molar-refractivity contribution in [2.75, 3.05) is 0 Å². The number of rotatable bonds is 1. The van der Waals surface area contributed by atoms with Crippen LogP contribution in [0.5, 0.6) is 0 Å². The molecule has 0 unspecified atom stereocenters. The van der Waals surface area contributed by atoms with Gasteiger partial charge in [-0.1, -0.05) is 12.1 Å². The van der Waals surface area contributed by atoms with Gasteiger partial charge in [-0.3, -0.25) is 0 Å². The molecular formula is C15H9ClN2O4. The van der Waals surface area contributed by atoms with Crippen LogP contribution in [-0.2, 0) is 5.88 Å². The predicted octanol–water partition coefficient (Wildman–Crippen LogP) is 2.77. The fourth-order valence-corrected chi connectivity index (χ4v) is 2.76. The number of benzene rings is 1. The van der Waals surface area contributed by atoms with Crippen molar-refractivity contribution >= 4 is 44.6 Å². The van der Waals surface area contributed by atoms with E-state index in [-0.39, 0.29) is 22.7 Å². The summed E-state index contributed by atoms with van der Waals surface area (Å²) in [7, 11) is 0. The number of halogens is 1. The van der Waals surface area contributed by atoms with Crippen molar-refractivity contribution in [3.05, 3.63) is 51.4 Å². The normalized spacial score (nSPS) is 11.7. The molecule has 0 amide bonds. The van der Waals surface area contributed by atoms with E-state index >= 15 is 0 Å². The highest BCUT2D eigenvalue weighted by molar-refractivity contribution is 6.17. The Hall–Kier alpha value is -2.60. The monoisotopic (exact) mass is 316 g/mol. The lowest BCUT2D eigenvalue weighted by molar-refractivity contribution is -0.621. The molecule has 0 aliphatic carbocycles. The molecule has 4 rings (SSSR count). The molecule has 0 aliphatic rings. The first-order valence-corrected chi connectivity index (χ1v) is 7.08. The van der Waals surface area contributed by atoms with E-state index in [0.717, 1.165) is 0 Å². The number of fused-ring (bicyclic) bond motifs is 5. The van der Waals surface area contributed by atoms with Crippen LogP contribution >= 0.6 is 11.6 Å². The minimum absolute atomic E-state index is 0.0636. The van der Waals surface area contributed by atoms with Crippen LogP contribution in [0.1, 0.15) is 11.5 Å². The molecule has 1 aromatic carbocycles. The Morgan fingerprint density at radius 1 is 1.27 bits per heavy atom. The predicted molar refractivity (Wildman–Crippen MR) is 80.8 cm³/mol. The van der Waals surface area contributed by atoms with Gasteiger partial charge in [-0.25, -0.2) is 9.52 Å². The number of nitrogens with zero attached hydrogens (tertiary/aromatic N) is 2. The molecule has 0 atom stereocenters. The Bertz CT molecular complexity index is 1110. The molecule has 0 radical (unpaired) electrons. The summed E-state index contributed by atoms with van der Waals surface area (Å²) in [5.41, 5.74) is 1.11. The van der Waals surface area contributed by atoms with Crippen molar-refractivity contribution in [1.29, 1.82) is 0 Å². The standard InChI is InChI=1S/C15H9ClN2O4/c1-7-13-12(17-10(6-16)18(7)20)11-14(22-13)8-4-2-3-5-9(8)21-15(11)19/h2-5H,6H2,1H3. The van der Waals surface area contributed by atoms with Crippen molar-refractivity contribution < 1.29 is 13.6 Å². The number of aryl methyl sites for hydroxylation is 1. The van der Waals surface area contributed by atoms with E-state index in [1.165, 1.54) is 0 Å². The lowest BCUT2D eigenvalue weighted by atomic mass is 10.2. The number of furan rings is 1. The van der Waals surface area contributed by atoms with Crippen molar-refractivity contribution in [2.24, 2.45) is 0 Å². The van der Waals surface area contributed by atoms with Crippen LogP contribution in [0.4, 0.5) is 0 Å². The molecule has 22 heavy (non-hydrogen) atoms. The molecule has 4 aromatic rings.